The summed E-state index contributed by atoms with van der Waals surface area (Å²) < 4.78 is 1.78. The Morgan fingerprint density at radius 2 is 1.93 bits per heavy atom. The summed E-state index contributed by atoms with van der Waals surface area (Å²) in [5.41, 5.74) is 5.79. The monoisotopic (exact) mass is 383 g/mol. The lowest BCUT2D eigenvalue weighted by molar-refractivity contribution is -0.116. The number of hydrogen-bond donors (Lipinski definition) is 2. The summed E-state index contributed by atoms with van der Waals surface area (Å²) in [6, 6.07) is 14.4. The number of nitrogens with zero attached hydrogens (tertiary/aromatic N) is 3. The second-order valence-electron chi connectivity index (χ2n) is 7.52. The molecule has 2 aromatic carbocycles. The minimum atomic E-state index is 0.0293. The molecule has 29 heavy (non-hydrogen) atoms. The zero-order chi connectivity index (χ0) is 20.0. The van der Waals surface area contributed by atoms with Crippen molar-refractivity contribution in [1.29, 1.82) is 0 Å². The number of carbonyl (C=O) groups excluding carboxylic acids is 1. The SMILES string of the molecule is C[C@@H]1CC(=O)Nc2cccc(-c3cccc4cc(-c5cnn(C)c5)ncc34)c2N1. The molecule has 1 amide bonds. The van der Waals surface area contributed by atoms with Crippen LogP contribution in [0.3, 0.4) is 0 Å². The fraction of sp³-hybridized carbons (Fsp3) is 0.174. The lowest BCUT2D eigenvalue weighted by Gasteiger charge is -2.18. The summed E-state index contributed by atoms with van der Waals surface area (Å²) in [5, 5.41) is 12.9. The largest absolute Gasteiger partial charge is 0.380 e. The summed E-state index contributed by atoms with van der Waals surface area (Å²) >= 11 is 0. The van der Waals surface area contributed by atoms with Gasteiger partial charge in [0.2, 0.25) is 5.91 Å². The predicted molar refractivity (Wildman–Crippen MR) is 116 cm³/mol. The highest BCUT2D eigenvalue weighted by Crippen LogP contribution is 2.39. The zero-order valence-corrected chi connectivity index (χ0v) is 16.3. The van der Waals surface area contributed by atoms with E-state index in [1.165, 1.54) is 0 Å². The van der Waals surface area contributed by atoms with Gasteiger partial charge < -0.3 is 10.6 Å². The topological polar surface area (TPSA) is 71.8 Å². The summed E-state index contributed by atoms with van der Waals surface area (Å²) in [4.78, 5) is 16.8. The third kappa shape index (κ3) is 3.12. The number of aromatic nitrogens is 3. The van der Waals surface area contributed by atoms with Crippen LogP contribution >= 0.6 is 0 Å². The molecule has 4 aromatic rings. The number of para-hydroxylation sites is 1. The molecular formula is C23H21N5O. The number of pyridine rings is 1. The molecule has 0 fully saturated rings. The highest BCUT2D eigenvalue weighted by Gasteiger charge is 2.21. The van der Waals surface area contributed by atoms with Crippen molar-refractivity contribution in [1.82, 2.24) is 14.8 Å². The average Bonchev–Trinajstić information content (AvgIpc) is 3.08. The Morgan fingerprint density at radius 1 is 1.10 bits per heavy atom. The van der Waals surface area contributed by atoms with E-state index < -0.39 is 0 Å². The van der Waals surface area contributed by atoms with Crippen molar-refractivity contribution in [2.24, 2.45) is 7.05 Å². The zero-order valence-electron chi connectivity index (χ0n) is 16.3. The highest BCUT2D eigenvalue weighted by molar-refractivity contribution is 6.05. The molecule has 1 aliphatic heterocycles. The van der Waals surface area contributed by atoms with E-state index in [9.17, 15) is 4.79 Å². The predicted octanol–water partition coefficient (Wildman–Crippen LogP) is 4.44. The van der Waals surface area contributed by atoms with Crippen LogP contribution in [-0.4, -0.2) is 26.7 Å². The van der Waals surface area contributed by atoms with Crippen LogP contribution in [0, 0.1) is 0 Å². The normalized spacial score (nSPS) is 16.1. The number of benzene rings is 2. The van der Waals surface area contributed by atoms with Gasteiger partial charge in [-0.25, -0.2) is 0 Å². The van der Waals surface area contributed by atoms with E-state index in [1.54, 1.807) is 4.68 Å². The summed E-state index contributed by atoms with van der Waals surface area (Å²) in [5.74, 6) is 0.0293. The number of anilines is 2. The Hall–Kier alpha value is -3.67. The molecule has 144 valence electrons. The van der Waals surface area contributed by atoms with Gasteiger partial charge in [0.05, 0.1) is 23.3 Å². The van der Waals surface area contributed by atoms with Gasteiger partial charge in [0.1, 0.15) is 0 Å². The van der Waals surface area contributed by atoms with Crippen molar-refractivity contribution in [2.75, 3.05) is 10.6 Å². The van der Waals surface area contributed by atoms with Crippen LogP contribution in [0.2, 0.25) is 0 Å². The third-order valence-corrected chi connectivity index (χ3v) is 5.28. The van der Waals surface area contributed by atoms with Gasteiger partial charge in [-0.2, -0.15) is 5.10 Å². The molecule has 6 nitrogen and oxygen atoms in total. The van der Waals surface area contributed by atoms with Gasteiger partial charge in [0, 0.05) is 48.4 Å². The lowest BCUT2D eigenvalue weighted by Crippen LogP contribution is -2.19. The fourth-order valence-corrected chi connectivity index (χ4v) is 3.93. The Kier molecular flexibility index (Phi) is 4.05. The summed E-state index contributed by atoms with van der Waals surface area (Å²) in [6.07, 6.45) is 6.15. The first-order valence-corrected chi connectivity index (χ1v) is 9.66. The minimum Gasteiger partial charge on any atom is -0.380 e. The number of amides is 1. The molecule has 0 saturated carbocycles. The second kappa shape index (κ2) is 6.74. The number of carbonyl (C=O) groups is 1. The molecule has 1 atom stereocenters. The van der Waals surface area contributed by atoms with Crippen LogP contribution in [0.4, 0.5) is 11.4 Å². The van der Waals surface area contributed by atoms with E-state index >= 15 is 0 Å². The Morgan fingerprint density at radius 3 is 2.76 bits per heavy atom. The Labute approximate surface area is 168 Å². The Balaban J connectivity index is 1.67. The summed E-state index contributed by atoms with van der Waals surface area (Å²) in [7, 11) is 1.90. The number of fused-ring (bicyclic) bond motifs is 2. The van der Waals surface area contributed by atoms with E-state index in [2.05, 4.69) is 46.1 Å². The van der Waals surface area contributed by atoms with Gasteiger partial charge in [0.15, 0.2) is 0 Å². The van der Waals surface area contributed by atoms with Crippen LogP contribution in [-0.2, 0) is 11.8 Å². The molecule has 3 heterocycles. The molecule has 5 rings (SSSR count). The van der Waals surface area contributed by atoms with Crippen LogP contribution < -0.4 is 10.6 Å². The molecule has 0 spiro atoms. The number of rotatable bonds is 2. The molecule has 2 aromatic heterocycles. The fourth-order valence-electron chi connectivity index (χ4n) is 3.93. The maximum absolute atomic E-state index is 12.1. The van der Waals surface area contributed by atoms with E-state index in [0.717, 1.165) is 44.5 Å². The van der Waals surface area contributed by atoms with E-state index in [0.29, 0.717) is 6.42 Å². The van der Waals surface area contributed by atoms with Crippen molar-refractivity contribution in [3.8, 4) is 22.4 Å². The number of nitrogens with one attached hydrogen (secondary N) is 2. The second-order valence-corrected chi connectivity index (χ2v) is 7.52. The molecule has 0 unspecified atom stereocenters. The van der Waals surface area contributed by atoms with Crippen LogP contribution in [0.5, 0.6) is 0 Å². The first-order chi connectivity index (χ1) is 14.1. The van der Waals surface area contributed by atoms with E-state index in [1.807, 2.05) is 44.7 Å². The Bertz CT molecular complexity index is 1240. The van der Waals surface area contributed by atoms with Gasteiger partial charge in [0.25, 0.3) is 0 Å². The third-order valence-electron chi connectivity index (χ3n) is 5.28. The molecule has 6 heteroatoms. The first-order valence-electron chi connectivity index (χ1n) is 9.66. The van der Waals surface area contributed by atoms with Crippen molar-refractivity contribution in [3.63, 3.8) is 0 Å². The van der Waals surface area contributed by atoms with Gasteiger partial charge >= 0.3 is 0 Å². The van der Waals surface area contributed by atoms with E-state index in [-0.39, 0.29) is 11.9 Å². The van der Waals surface area contributed by atoms with Crippen molar-refractivity contribution < 1.29 is 4.79 Å². The molecule has 0 radical (unpaired) electrons. The maximum Gasteiger partial charge on any atom is 0.226 e. The van der Waals surface area contributed by atoms with Crippen molar-refractivity contribution in [3.05, 3.63) is 61.1 Å². The van der Waals surface area contributed by atoms with Gasteiger partial charge in [-0.15, -0.1) is 0 Å². The lowest BCUT2D eigenvalue weighted by atomic mass is 9.96. The highest BCUT2D eigenvalue weighted by atomic mass is 16.1. The molecular weight excluding hydrogens is 362 g/mol. The minimum absolute atomic E-state index is 0.0293. The van der Waals surface area contributed by atoms with Gasteiger partial charge in [-0.05, 0) is 30.0 Å². The molecule has 2 N–H and O–H groups in total. The van der Waals surface area contributed by atoms with Gasteiger partial charge in [-0.1, -0.05) is 30.3 Å². The van der Waals surface area contributed by atoms with Crippen LogP contribution in [0.25, 0.3) is 33.2 Å². The number of hydrogen-bond acceptors (Lipinski definition) is 4. The summed E-state index contributed by atoms with van der Waals surface area (Å²) in [6.45, 7) is 2.02. The van der Waals surface area contributed by atoms with Gasteiger partial charge in [-0.3, -0.25) is 14.5 Å². The van der Waals surface area contributed by atoms with Crippen LogP contribution in [0.1, 0.15) is 13.3 Å². The quantitative estimate of drug-likeness (QED) is 0.537. The molecule has 0 bridgehead atoms. The standard InChI is InChI=1S/C23H21N5O/c1-14-9-22(29)27-20-8-4-7-18(23(20)26-14)17-6-3-5-15-10-21(24-12-19(15)17)16-11-25-28(2)13-16/h3-8,10-14,26H,9H2,1-2H3,(H,27,29)/t14-/m1/s1. The molecule has 1 aliphatic rings. The molecule has 0 saturated heterocycles. The number of aryl methyl sites for hydroxylation is 1. The average molecular weight is 383 g/mol. The first kappa shape index (κ1) is 17.4. The van der Waals surface area contributed by atoms with E-state index in [4.69, 9.17) is 4.98 Å². The maximum atomic E-state index is 12.1. The smallest absolute Gasteiger partial charge is 0.226 e. The van der Waals surface area contributed by atoms with Crippen LogP contribution in [0.15, 0.2) is 61.1 Å². The van der Waals surface area contributed by atoms with Crippen molar-refractivity contribution >= 4 is 28.1 Å². The molecule has 0 aliphatic carbocycles. The van der Waals surface area contributed by atoms with Crippen molar-refractivity contribution in [2.45, 2.75) is 19.4 Å².